The number of para-hydroxylation sites is 6. The fourth-order valence-electron chi connectivity index (χ4n) is 17.9. The third kappa shape index (κ3) is 10.1. The molecular weight excluding hydrogens is 1330 g/mol. The normalized spacial score (nSPS) is 11.8. The molecule has 4 heteroatoms. The van der Waals surface area contributed by atoms with Crippen molar-refractivity contribution in [1.82, 2.24) is 9.13 Å². The highest BCUT2D eigenvalue weighted by Crippen LogP contribution is 2.49. The van der Waals surface area contributed by atoms with Crippen molar-refractivity contribution in [3.05, 3.63) is 400 Å². The van der Waals surface area contributed by atoms with Gasteiger partial charge in [0.1, 0.15) is 22.3 Å². The van der Waals surface area contributed by atoms with Gasteiger partial charge in [0.2, 0.25) is 0 Å². The van der Waals surface area contributed by atoms with Crippen LogP contribution in [0.2, 0.25) is 0 Å². The van der Waals surface area contributed by atoms with Crippen molar-refractivity contribution < 1.29 is 8.83 Å². The van der Waals surface area contributed by atoms with E-state index in [9.17, 15) is 0 Å². The highest BCUT2D eigenvalue weighted by molar-refractivity contribution is 6.24. The van der Waals surface area contributed by atoms with E-state index in [1.165, 1.54) is 142 Å². The molecule has 0 aliphatic carbocycles. The average molecular weight is 1400 g/mol. The topological polar surface area (TPSA) is 36.1 Å². The van der Waals surface area contributed by atoms with Crippen molar-refractivity contribution in [2.75, 3.05) is 0 Å². The van der Waals surface area contributed by atoms with Crippen LogP contribution in [0.3, 0.4) is 0 Å². The molecule has 0 unspecified atom stereocenters. The zero-order valence-corrected chi connectivity index (χ0v) is 59.8. The van der Waals surface area contributed by atoms with Gasteiger partial charge in [0.15, 0.2) is 0 Å². The molecule has 0 aliphatic heterocycles. The van der Waals surface area contributed by atoms with Crippen LogP contribution in [0.15, 0.2) is 409 Å². The molecule has 23 rings (SSSR count). The van der Waals surface area contributed by atoms with Crippen LogP contribution < -0.4 is 0 Å². The highest BCUT2D eigenvalue weighted by Gasteiger charge is 2.24. The summed E-state index contributed by atoms with van der Waals surface area (Å²) in [6.07, 6.45) is 0. The molecule has 0 amide bonds. The molecule has 23 aromatic rings. The lowest BCUT2D eigenvalue weighted by Gasteiger charge is -2.19. The minimum absolute atomic E-state index is 0.912. The van der Waals surface area contributed by atoms with E-state index in [1.807, 2.05) is 24.3 Å². The Bertz CT molecular complexity index is 7630. The molecule has 4 aromatic heterocycles. The first-order valence-electron chi connectivity index (χ1n) is 37.8. The second-order valence-electron chi connectivity index (χ2n) is 28.8. The summed E-state index contributed by atoms with van der Waals surface area (Å²) in [6, 6.07) is 145. The summed E-state index contributed by atoms with van der Waals surface area (Å²) < 4.78 is 17.8. The molecule has 512 valence electrons. The van der Waals surface area contributed by atoms with Crippen LogP contribution in [-0.4, -0.2) is 9.13 Å². The van der Waals surface area contributed by atoms with Gasteiger partial charge in [-0.2, -0.15) is 0 Å². The molecule has 0 fully saturated rings. The standard InChI is InChI=1S/C56H35NO.C50H31NO/c1-3-15-36(16-4-1)54-45-23-7-8-24-46(45)55(37-17-5-2-6-18-37)50-34-39(29-31-47(50)54)38-19-13-20-41(33-38)57-51-27-11-9-21-43(51)49-35-40(30-32-52(49)57)42-25-14-26-48-44-22-10-12-28-53(44)58-56(42)48;1-3-14-32(15-4-1)48-39-20-7-8-21-40(39)49(33-16-5-2-6-17-33)44-31-35(27-28-41(44)48)51-45-24-11-9-18-37(45)43-30-34(26-29-46(43)51)36-22-13-23-42-38-19-10-12-25-47(38)52-50(36)42/h1-35H;1-31H. The Hall–Kier alpha value is -14.6. The second kappa shape index (κ2) is 25.6. The Morgan fingerprint density at radius 1 is 0.155 bits per heavy atom. The maximum Gasteiger partial charge on any atom is 0.143 e. The Balaban J connectivity index is 0.000000136. The van der Waals surface area contributed by atoms with Crippen LogP contribution >= 0.6 is 0 Å². The molecule has 4 nitrogen and oxygen atoms in total. The van der Waals surface area contributed by atoms with Crippen LogP contribution in [0.4, 0.5) is 0 Å². The van der Waals surface area contributed by atoms with Crippen LogP contribution in [0.25, 0.3) is 220 Å². The molecule has 0 radical (unpaired) electrons. The average Bonchev–Trinajstić information content (AvgIpc) is 0.947. The smallest absolute Gasteiger partial charge is 0.143 e. The molecular formula is C106H66N2O2. The van der Waals surface area contributed by atoms with E-state index in [0.717, 1.165) is 77.5 Å². The maximum atomic E-state index is 6.47. The van der Waals surface area contributed by atoms with Gasteiger partial charge in [-0.3, -0.25) is 0 Å². The number of furan rings is 2. The summed E-state index contributed by atoms with van der Waals surface area (Å²) in [4.78, 5) is 0. The Kier molecular flexibility index (Phi) is 14.6. The fourth-order valence-corrected chi connectivity index (χ4v) is 17.9. The minimum atomic E-state index is 0.912. The third-order valence-electron chi connectivity index (χ3n) is 22.8. The van der Waals surface area contributed by atoms with E-state index in [4.69, 9.17) is 8.83 Å². The molecule has 0 aliphatic rings. The Morgan fingerprint density at radius 2 is 0.455 bits per heavy atom. The number of rotatable bonds is 9. The third-order valence-corrected chi connectivity index (χ3v) is 22.8. The van der Waals surface area contributed by atoms with Gasteiger partial charge in [-0.05, 0) is 189 Å². The van der Waals surface area contributed by atoms with Crippen molar-refractivity contribution in [1.29, 1.82) is 0 Å². The van der Waals surface area contributed by atoms with Crippen LogP contribution in [0.1, 0.15) is 0 Å². The highest BCUT2D eigenvalue weighted by atomic mass is 16.3. The van der Waals surface area contributed by atoms with Crippen LogP contribution in [-0.2, 0) is 0 Å². The van der Waals surface area contributed by atoms with Gasteiger partial charge in [0, 0.05) is 65.6 Å². The molecule has 0 atom stereocenters. The second-order valence-corrected chi connectivity index (χ2v) is 28.8. The van der Waals surface area contributed by atoms with Crippen LogP contribution in [0.5, 0.6) is 0 Å². The maximum absolute atomic E-state index is 6.47. The van der Waals surface area contributed by atoms with Crippen molar-refractivity contribution in [2.24, 2.45) is 0 Å². The quantitative estimate of drug-likeness (QED) is 0.135. The molecule has 0 bridgehead atoms. The molecule has 0 N–H and O–H groups in total. The lowest BCUT2D eigenvalue weighted by atomic mass is 9.85. The van der Waals surface area contributed by atoms with Crippen molar-refractivity contribution >= 4 is 131 Å². The first-order chi connectivity index (χ1) is 54.6. The van der Waals surface area contributed by atoms with Gasteiger partial charge >= 0.3 is 0 Å². The number of benzene rings is 19. The van der Waals surface area contributed by atoms with E-state index in [-0.39, 0.29) is 0 Å². The largest absolute Gasteiger partial charge is 0.455 e. The lowest BCUT2D eigenvalue weighted by Crippen LogP contribution is -1.96. The first-order valence-corrected chi connectivity index (χ1v) is 37.8. The monoisotopic (exact) mass is 1400 g/mol. The lowest BCUT2D eigenvalue weighted by molar-refractivity contribution is 0.669. The van der Waals surface area contributed by atoms with Crippen molar-refractivity contribution in [3.63, 3.8) is 0 Å². The van der Waals surface area contributed by atoms with Crippen LogP contribution in [0, 0.1) is 0 Å². The number of fused-ring (bicyclic) bond motifs is 16. The first kappa shape index (κ1) is 62.8. The van der Waals surface area contributed by atoms with Gasteiger partial charge in [-0.1, -0.05) is 322 Å². The van der Waals surface area contributed by atoms with Gasteiger partial charge in [0.25, 0.3) is 0 Å². The molecule has 0 saturated heterocycles. The van der Waals surface area contributed by atoms with E-state index in [0.29, 0.717) is 0 Å². The summed E-state index contributed by atoms with van der Waals surface area (Å²) in [6.45, 7) is 0. The summed E-state index contributed by atoms with van der Waals surface area (Å²) in [5.41, 5.74) is 27.4. The fraction of sp³-hybridized carbons (Fsp3) is 0. The number of nitrogens with zero attached hydrogens (tertiary/aromatic N) is 2. The zero-order chi connectivity index (χ0) is 72.3. The molecule has 0 spiro atoms. The number of hydrogen-bond acceptors (Lipinski definition) is 2. The SMILES string of the molecule is c1ccc(-c2c3ccccc3c(-c3ccccc3)c3cc(-c4cccc(-n5c6ccccc6c6cc(-c7cccc8c7oc7ccccc78)ccc65)c4)ccc23)cc1.c1ccc(-c2c3ccccc3c(-c3ccccc3)c3cc(-n4c5ccccc5c5cc(-c6cccc7c6oc6ccccc67)ccc54)ccc23)cc1. The zero-order valence-electron chi connectivity index (χ0n) is 59.8. The summed E-state index contributed by atoms with van der Waals surface area (Å²) in [5, 5.41) is 19.5. The summed E-state index contributed by atoms with van der Waals surface area (Å²) in [5.74, 6) is 0. The molecule has 19 aromatic carbocycles. The van der Waals surface area contributed by atoms with Crippen molar-refractivity contribution in [2.45, 2.75) is 0 Å². The van der Waals surface area contributed by atoms with E-state index < -0.39 is 0 Å². The molecule has 110 heavy (non-hydrogen) atoms. The van der Waals surface area contributed by atoms with E-state index in [1.54, 1.807) is 0 Å². The Morgan fingerprint density at radius 3 is 0.909 bits per heavy atom. The van der Waals surface area contributed by atoms with Crippen molar-refractivity contribution in [3.8, 4) is 89.3 Å². The van der Waals surface area contributed by atoms with E-state index >= 15 is 0 Å². The van der Waals surface area contributed by atoms with Gasteiger partial charge in [-0.15, -0.1) is 0 Å². The predicted molar refractivity (Wildman–Crippen MR) is 464 cm³/mol. The molecule has 0 saturated carbocycles. The molecule has 4 heterocycles. The number of aromatic nitrogens is 2. The van der Waals surface area contributed by atoms with Gasteiger partial charge < -0.3 is 18.0 Å². The van der Waals surface area contributed by atoms with Gasteiger partial charge in [-0.25, -0.2) is 0 Å². The number of hydrogen-bond donors (Lipinski definition) is 0. The summed E-state index contributed by atoms with van der Waals surface area (Å²) in [7, 11) is 0. The van der Waals surface area contributed by atoms with E-state index in [2.05, 4.69) is 385 Å². The summed E-state index contributed by atoms with van der Waals surface area (Å²) >= 11 is 0. The predicted octanol–water partition coefficient (Wildman–Crippen LogP) is 29.6. The Labute approximate surface area is 634 Å². The van der Waals surface area contributed by atoms with Gasteiger partial charge in [0.05, 0.1) is 22.1 Å². The minimum Gasteiger partial charge on any atom is -0.455 e.